The van der Waals surface area contributed by atoms with Crippen molar-refractivity contribution in [3.63, 3.8) is 0 Å². The molecule has 0 spiro atoms. The monoisotopic (exact) mass is 622 g/mol. The highest BCUT2D eigenvalue weighted by Crippen LogP contribution is 2.47. The number of rotatable bonds is 3. The van der Waals surface area contributed by atoms with Gasteiger partial charge in [0.2, 0.25) is 6.23 Å². The van der Waals surface area contributed by atoms with Crippen molar-refractivity contribution >= 4 is 50.0 Å². The molecule has 222 valence electrons. The van der Waals surface area contributed by atoms with Crippen LogP contribution in [-0.4, -0.2) is 37.7 Å². The lowest BCUT2D eigenvalue weighted by Gasteiger charge is -2.29. The number of benzene rings is 3. The molecule has 5 heterocycles. The number of likely N-dealkylation sites (tertiary alicyclic amines) is 1. The Labute approximate surface area is 264 Å². The molecule has 0 radical (unpaired) electrons. The zero-order chi connectivity index (χ0) is 30.2. The Morgan fingerprint density at radius 1 is 1.07 bits per heavy atom. The van der Waals surface area contributed by atoms with E-state index in [9.17, 15) is 4.79 Å². The molecule has 3 aromatic carbocycles. The number of halogens is 1. The third kappa shape index (κ3) is 4.64. The highest BCUT2D eigenvalue weighted by molar-refractivity contribution is 7.19. The minimum Gasteiger partial charge on any atom is -0.464 e. The quantitative estimate of drug-likeness (QED) is 0.213. The van der Waals surface area contributed by atoms with Gasteiger partial charge in [-0.2, -0.15) is 0 Å². The van der Waals surface area contributed by atoms with Crippen molar-refractivity contribution in [2.24, 2.45) is 0 Å². The average Bonchev–Trinajstić information content (AvgIpc) is 3.79. The topological polar surface area (TPSA) is 72.4 Å². The first-order valence-electron chi connectivity index (χ1n) is 14.9. The number of nitrogens with zero attached hydrogens (tertiary/aromatic N) is 3. The molecule has 0 bridgehead atoms. The van der Waals surface area contributed by atoms with Crippen molar-refractivity contribution in [3.8, 4) is 28.3 Å². The fourth-order valence-corrected chi connectivity index (χ4v) is 7.66. The lowest BCUT2D eigenvalue weighted by Crippen LogP contribution is -2.36. The van der Waals surface area contributed by atoms with Gasteiger partial charge in [-0.3, -0.25) is 9.47 Å². The summed E-state index contributed by atoms with van der Waals surface area (Å²) >= 11 is 8.16. The lowest BCUT2D eigenvalue weighted by molar-refractivity contribution is 0.0218. The Morgan fingerprint density at radius 2 is 1.93 bits per heavy atom. The smallest absolute Gasteiger partial charge is 0.410 e. The van der Waals surface area contributed by atoms with Gasteiger partial charge in [0.15, 0.2) is 0 Å². The zero-order valence-corrected chi connectivity index (χ0v) is 26.2. The second kappa shape index (κ2) is 10.1. The number of carbonyl (C=O) groups is 1. The first kappa shape index (κ1) is 27.3. The lowest BCUT2D eigenvalue weighted by atomic mass is 10.0. The third-order valence-corrected chi connectivity index (χ3v) is 9.70. The van der Waals surface area contributed by atoms with Gasteiger partial charge >= 0.3 is 6.09 Å². The van der Waals surface area contributed by atoms with Crippen molar-refractivity contribution in [3.05, 3.63) is 94.7 Å². The summed E-state index contributed by atoms with van der Waals surface area (Å²) in [7, 11) is 0. The van der Waals surface area contributed by atoms with E-state index < -0.39 is 5.60 Å². The van der Waals surface area contributed by atoms with E-state index >= 15 is 0 Å². The summed E-state index contributed by atoms with van der Waals surface area (Å²) in [6, 6.07) is 25.0. The summed E-state index contributed by atoms with van der Waals surface area (Å²) in [6.07, 6.45) is 2.95. The van der Waals surface area contributed by atoms with Gasteiger partial charge in [0.05, 0.1) is 34.0 Å². The maximum atomic E-state index is 12.9. The highest BCUT2D eigenvalue weighted by Gasteiger charge is 2.35. The number of ether oxygens (including phenoxy) is 2. The molecule has 1 N–H and O–H groups in total. The predicted molar refractivity (Wildman–Crippen MR) is 175 cm³/mol. The van der Waals surface area contributed by atoms with Crippen LogP contribution in [0.15, 0.2) is 79.0 Å². The van der Waals surface area contributed by atoms with E-state index in [1.807, 2.05) is 39.1 Å². The molecule has 1 fully saturated rings. The van der Waals surface area contributed by atoms with Crippen molar-refractivity contribution in [1.82, 2.24) is 19.4 Å². The molecule has 3 aromatic heterocycles. The molecule has 2 aliphatic rings. The maximum Gasteiger partial charge on any atom is 0.410 e. The summed E-state index contributed by atoms with van der Waals surface area (Å²) in [5.41, 5.74) is 4.47. The average molecular weight is 623 g/mol. The van der Waals surface area contributed by atoms with Crippen LogP contribution in [0.3, 0.4) is 0 Å². The second-order valence-corrected chi connectivity index (χ2v) is 14.0. The van der Waals surface area contributed by atoms with Gasteiger partial charge in [-0.05, 0) is 87.5 Å². The first-order valence-corrected chi connectivity index (χ1v) is 16.1. The number of hydrogen-bond donors (Lipinski definition) is 1. The van der Waals surface area contributed by atoms with Crippen LogP contribution in [0, 0.1) is 0 Å². The number of nitrogens with one attached hydrogen (secondary N) is 1. The standard InChI is InChI=1S/C35H31ClN4O3S/c1-35(2,3)43-34(41)39-14-6-8-27(39)32-37-19-25(38-32)20-10-12-24-28-16-22-15-23(36)11-13-26(22)40(28)33(42-29(24)17-20)31-18-21-7-4-5-9-30(21)44-31/h4-5,7,9-13,15-19,27,33H,6,8,14H2,1-3H3,(H,37,38). The first-order chi connectivity index (χ1) is 21.2. The van der Waals surface area contributed by atoms with Crippen LogP contribution < -0.4 is 4.74 Å². The van der Waals surface area contributed by atoms with E-state index in [1.54, 1.807) is 16.2 Å². The molecule has 8 rings (SSSR count). The Bertz CT molecular complexity index is 2040. The van der Waals surface area contributed by atoms with Crippen molar-refractivity contribution in [2.45, 2.75) is 51.5 Å². The number of hydrogen-bond acceptors (Lipinski definition) is 5. The molecule has 44 heavy (non-hydrogen) atoms. The highest BCUT2D eigenvalue weighted by atomic mass is 35.5. The molecule has 9 heteroatoms. The van der Waals surface area contributed by atoms with E-state index in [-0.39, 0.29) is 18.4 Å². The molecule has 2 aliphatic heterocycles. The van der Waals surface area contributed by atoms with Crippen LogP contribution in [-0.2, 0) is 4.74 Å². The van der Waals surface area contributed by atoms with E-state index in [0.717, 1.165) is 62.7 Å². The van der Waals surface area contributed by atoms with E-state index in [4.69, 9.17) is 26.1 Å². The fraction of sp³-hybridized carbons (Fsp3) is 0.257. The molecule has 6 aromatic rings. The van der Waals surface area contributed by atoms with Gasteiger partial charge in [-0.25, -0.2) is 9.78 Å². The summed E-state index contributed by atoms with van der Waals surface area (Å²) in [5, 5.41) is 2.98. The van der Waals surface area contributed by atoms with Crippen LogP contribution in [0.25, 0.3) is 43.5 Å². The van der Waals surface area contributed by atoms with Crippen LogP contribution in [0.2, 0.25) is 5.02 Å². The molecule has 2 unspecified atom stereocenters. The number of aromatic nitrogens is 3. The minimum atomic E-state index is -0.548. The SMILES string of the molecule is CC(C)(C)OC(=O)N1CCCC1c1ncc(-c2ccc3c(c2)OC(c2cc4ccccc4s2)n2c-3cc3cc(Cl)ccc32)[nH]1. The van der Waals surface area contributed by atoms with Gasteiger partial charge in [-0.1, -0.05) is 35.9 Å². The van der Waals surface area contributed by atoms with Gasteiger partial charge in [0.25, 0.3) is 0 Å². The number of aromatic amines is 1. The normalized spacial score (nSPS) is 18.0. The number of carbonyl (C=O) groups excluding carboxylic acids is 1. The van der Waals surface area contributed by atoms with E-state index in [0.29, 0.717) is 11.6 Å². The number of imidazole rings is 1. The van der Waals surface area contributed by atoms with Crippen molar-refractivity contribution < 1.29 is 14.3 Å². The molecule has 0 saturated carbocycles. The van der Waals surface area contributed by atoms with Gasteiger partial charge in [0.1, 0.15) is 17.2 Å². The zero-order valence-electron chi connectivity index (χ0n) is 24.6. The summed E-state index contributed by atoms with van der Waals surface area (Å²) in [4.78, 5) is 24.0. The molecule has 7 nitrogen and oxygen atoms in total. The molecule has 2 atom stereocenters. The number of amides is 1. The van der Waals surface area contributed by atoms with Crippen LogP contribution in [0.4, 0.5) is 4.79 Å². The molecular formula is C35H31ClN4O3S. The molecule has 1 amide bonds. The van der Waals surface area contributed by atoms with Crippen LogP contribution in [0.5, 0.6) is 5.75 Å². The van der Waals surface area contributed by atoms with Crippen molar-refractivity contribution in [2.75, 3.05) is 6.54 Å². The second-order valence-electron chi connectivity index (χ2n) is 12.5. The summed E-state index contributed by atoms with van der Waals surface area (Å²) < 4.78 is 16.0. The van der Waals surface area contributed by atoms with Gasteiger partial charge < -0.3 is 14.5 Å². The fourth-order valence-electron chi connectivity index (χ4n) is 6.39. The van der Waals surface area contributed by atoms with Gasteiger partial charge in [-0.15, -0.1) is 11.3 Å². The molecule has 1 saturated heterocycles. The van der Waals surface area contributed by atoms with Crippen LogP contribution in [0.1, 0.15) is 56.6 Å². The Kier molecular flexibility index (Phi) is 6.29. The van der Waals surface area contributed by atoms with E-state index in [2.05, 4.69) is 70.2 Å². The molecule has 0 aliphatic carbocycles. The summed E-state index contributed by atoms with van der Waals surface area (Å²) in [5.74, 6) is 1.57. The Balaban J connectivity index is 1.17. The number of fused-ring (bicyclic) bond motifs is 6. The maximum absolute atomic E-state index is 12.9. The summed E-state index contributed by atoms with van der Waals surface area (Å²) in [6.45, 7) is 6.32. The molecular weight excluding hydrogens is 592 g/mol. The van der Waals surface area contributed by atoms with Gasteiger partial charge in [0, 0.05) is 32.8 Å². The third-order valence-electron chi connectivity index (χ3n) is 8.32. The van der Waals surface area contributed by atoms with Crippen LogP contribution >= 0.6 is 22.9 Å². The number of thiophene rings is 1. The largest absolute Gasteiger partial charge is 0.464 e. The Morgan fingerprint density at radius 3 is 2.77 bits per heavy atom. The minimum absolute atomic E-state index is 0.146. The van der Waals surface area contributed by atoms with E-state index in [1.165, 1.54) is 10.1 Å². The van der Waals surface area contributed by atoms with Crippen molar-refractivity contribution in [1.29, 1.82) is 0 Å². The predicted octanol–water partition coefficient (Wildman–Crippen LogP) is 9.58. The number of H-pyrrole nitrogens is 1. The Hall–Kier alpha value is -4.27.